The van der Waals surface area contributed by atoms with Crippen molar-refractivity contribution in [3.05, 3.63) is 34.9 Å². The first-order valence-corrected chi connectivity index (χ1v) is 10.2. The molecule has 7 heteroatoms. The Morgan fingerprint density at radius 3 is 2.61 bits per heavy atom. The summed E-state index contributed by atoms with van der Waals surface area (Å²) in [5, 5.41) is 9.51. The first kappa shape index (κ1) is 19.1. The van der Waals surface area contributed by atoms with Crippen LogP contribution in [0.15, 0.2) is 18.2 Å². The number of fused-ring (bicyclic) bond motifs is 1. The summed E-state index contributed by atoms with van der Waals surface area (Å²) in [6.45, 7) is 5.57. The van der Waals surface area contributed by atoms with Crippen LogP contribution in [-0.2, 0) is 22.7 Å². The summed E-state index contributed by atoms with van der Waals surface area (Å²) in [4.78, 5) is 38.0. The molecule has 3 amide bonds. The molecule has 3 aliphatic rings. The highest BCUT2D eigenvalue weighted by Gasteiger charge is 2.39. The van der Waals surface area contributed by atoms with Crippen molar-refractivity contribution in [3.63, 3.8) is 0 Å². The Hall–Kier alpha value is -2.25. The quantitative estimate of drug-likeness (QED) is 0.676. The van der Waals surface area contributed by atoms with Crippen LogP contribution >= 0.6 is 0 Å². The van der Waals surface area contributed by atoms with Gasteiger partial charge in [-0.3, -0.25) is 19.7 Å². The van der Waals surface area contributed by atoms with Gasteiger partial charge in [0, 0.05) is 43.2 Å². The first-order valence-electron chi connectivity index (χ1n) is 10.2. The summed E-state index contributed by atoms with van der Waals surface area (Å²) in [6, 6.07) is 6.91. The van der Waals surface area contributed by atoms with E-state index < -0.39 is 6.04 Å². The van der Waals surface area contributed by atoms with Crippen molar-refractivity contribution >= 4 is 17.7 Å². The van der Waals surface area contributed by atoms with Crippen molar-refractivity contribution in [2.45, 2.75) is 76.8 Å². The van der Waals surface area contributed by atoms with Gasteiger partial charge in [0.15, 0.2) is 0 Å². The Morgan fingerprint density at radius 1 is 1.14 bits per heavy atom. The maximum atomic E-state index is 12.9. The third kappa shape index (κ3) is 3.82. The maximum Gasteiger partial charge on any atom is 0.255 e. The number of amides is 3. The van der Waals surface area contributed by atoms with Crippen LogP contribution in [0.4, 0.5) is 0 Å². The van der Waals surface area contributed by atoms with E-state index in [1.54, 1.807) is 4.90 Å². The zero-order chi connectivity index (χ0) is 19.8. The number of benzene rings is 1. The number of rotatable bonds is 4. The minimum atomic E-state index is -0.558. The second kappa shape index (κ2) is 7.64. The van der Waals surface area contributed by atoms with Crippen molar-refractivity contribution < 1.29 is 14.4 Å². The molecule has 2 unspecified atom stereocenters. The molecule has 4 atom stereocenters. The Labute approximate surface area is 165 Å². The average molecular weight is 384 g/mol. The SMILES string of the molecule is C[C@@H]1CC(NCc2ccc3c(c2)C(=O)N(C2CCC(=O)NC2=O)C3)C[C@H](C)N1. The van der Waals surface area contributed by atoms with Gasteiger partial charge in [0.05, 0.1) is 0 Å². The normalized spacial score (nSPS) is 30.4. The molecule has 2 saturated heterocycles. The molecule has 4 rings (SSSR count). The number of carbonyl (C=O) groups excluding carboxylic acids is 3. The van der Waals surface area contributed by atoms with Gasteiger partial charge in [0.1, 0.15) is 6.04 Å². The molecule has 0 saturated carbocycles. The van der Waals surface area contributed by atoms with Crippen LogP contribution < -0.4 is 16.0 Å². The molecule has 0 radical (unpaired) electrons. The van der Waals surface area contributed by atoms with Gasteiger partial charge in [-0.15, -0.1) is 0 Å². The van der Waals surface area contributed by atoms with E-state index in [4.69, 9.17) is 0 Å². The summed E-state index contributed by atoms with van der Waals surface area (Å²) in [7, 11) is 0. The summed E-state index contributed by atoms with van der Waals surface area (Å²) < 4.78 is 0. The van der Waals surface area contributed by atoms with Gasteiger partial charge < -0.3 is 15.5 Å². The lowest BCUT2D eigenvalue weighted by molar-refractivity contribution is -0.136. The van der Waals surface area contributed by atoms with Crippen molar-refractivity contribution in [2.75, 3.05) is 0 Å². The monoisotopic (exact) mass is 384 g/mol. The van der Waals surface area contributed by atoms with Crippen molar-refractivity contribution in [1.29, 1.82) is 0 Å². The predicted molar refractivity (Wildman–Crippen MR) is 104 cm³/mol. The Kier molecular flexibility index (Phi) is 5.21. The number of nitrogens with zero attached hydrogens (tertiary/aromatic N) is 1. The fraction of sp³-hybridized carbons (Fsp3) is 0.571. The standard InChI is InChI=1S/C21H28N4O3/c1-12-7-16(8-13(2)23-12)22-10-14-3-4-15-11-25(21(28)17(15)9-14)18-5-6-19(26)24-20(18)27/h3-4,9,12-13,16,18,22-23H,5-8,10-11H2,1-2H3,(H,24,26,27)/t12-,13+,16?,18?. The second-order valence-corrected chi connectivity index (χ2v) is 8.41. The fourth-order valence-electron chi connectivity index (χ4n) is 4.71. The zero-order valence-corrected chi connectivity index (χ0v) is 16.5. The van der Waals surface area contributed by atoms with Crippen LogP contribution in [0, 0.1) is 0 Å². The molecule has 3 N–H and O–H groups in total. The summed E-state index contributed by atoms with van der Waals surface area (Å²) in [5.74, 6) is -0.746. The molecular weight excluding hydrogens is 356 g/mol. The highest BCUT2D eigenvalue weighted by Crippen LogP contribution is 2.28. The number of piperidine rings is 2. The van der Waals surface area contributed by atoms with E-state index in [2.05, 4.69) is 35.9 Å². The van der Waals surface area contributed by atoms with Crippen LogP contribution in [-0.4, -0.2) is 46.8 Å². The predicted octanol–water partition coefficient (Wildman–Crippen LogP) is 1.07. The van der Waals surface area contributed by atoms with Crippen LogP contribution in [0.3, 0.4) is 0 Å². The molecule has 0 spiro atoms. The molecule has 2 fully saturated rings. The lowest BCUT2D eigenvalue weighted by atomic mass is 9.95. The Balaban J connectivity index is 1.41. The first-order chi connectivity index (χ1) is 13.4. The third-order valence-corrected chi connectivity index (χ3v) is 6.03. The minimum Gasteiger partial charge on any atom is -0.322 e. The van der Waals surface area contributed by atoms with E-state index in [1.807, 2.05) is 12.1 Å². The number of hydrogen-bond donors (Lipinski definition) is 3. The molecule has 3 aliphatic heterocycles. The van der Waals surface area contributed by atoms with Gasteiger partial charge in [-0.2, -0.15) is 0 Å². The molecule has 1 aromatic carbocycles. The fourth-order valence-corrected chi connectivity index (χ4v) is 4.71. The Morgan fingerprint density at radius 2 is 1.89 bits per heavy atom. The number of nitrogens with one attached hydrogen (secondary N) is 3. The van der Waals surface area contributed by atoms with Crippen molar-refractivity contribution in [1.82, 2.24) is 20.9 Å². The lowest BCUT2D eigenvalue weighted by Crippen LogP contribution is -2.52. The summed E-state index contributed by atoms with van der Waals surface area (Å²) in [6.07, 6.45) is 2.86. The van der Waals surface area contributed by atoms with E-state index in [0.717, 1.165) is 30.5 Å². The molecule has 0 aromatic heterocycles. The van der Waals surface area contributed by atoms with Gasteiger partial charge in [-0.1, -0.05) is 12.1 Å². The van der Waals surface area contributed by atoms with Gasteiger partial charge in [-0.25, -0.2) is 0 Å². The Bertz CT molecular complexity index is 799. The van der Waals surface area contributed by atoms with E-state index in [0.29, 0.717) is 36.7 Å². The van der Waals surface area contributed by atoms with Gasteiger partial charge in [0.25, 0.3) is 5.91 Å². The third-order valence-electron chi connectivity index (χ3n) is 6.03. The summed E-state index contributed by atoms with van der Waals surface area (Å²) in [5.41, 5.74) is 2.70. The van der Waals surface area contributed by atoms with E-state index in [-0.39, 0.29) is 24.1 Å². The largest absolute Gasteiger partial charge is 0.322 e. The topological polar surface area (TPSA) is 90.5 Å². The van der Waals surface area contributed by atoms with Gasteiger partial charge >= 0.3 is 0 Å². The second-order valence-electron chi connectivity index (χ2n) is 8.41. The van der Waals surface area contributed by atoms with Crippen molar-refractivity contribution in [3.8, 4) is 0 Å². The highest BCUT2D eigenvalue weighted by atomic mass is 16.2. The minimum absolute atomic E-state index is 0.115. The molecule has 3 heterocycles. The molecule has 7 nitrogen and oxygen atoms in total. The number of carbonyl (C=O) groups is 3. The smallest absolute Gasteiger partial charge is 0.255 e. The van der Waals surface area contributed by atoms with E-state index in [1.165, 1.54) is 0 Å². The van der Waals surface area contributed by atoms with E-state index >= 15 is 0 Å². The molecule has 28 heavy (non-hydrogen) atoms. The number of hydrogen-bond acceptors (Lipinski definition) is 5. The van der Waals surface area contributed by atoms with Crippen LogP contribution in [0.2, 0.25) is 0 Å². The molecular formula is C21H28N4O3. The van der Waals surface area contributed by atoms with Gasteiger partial charge in [0.2, 0.25) is 11.8 Å². The molecule has 0 aliphatic carbocycles. The average Bonchev–Trinajstić information content (AvgIpc) is 2.95. The van der Waals surface area contributed by atoms with Crippen LogP contribution in [0.25, 0.3) is 0 Å². The zero-order valence-electron chi connectivity index (χ0n) is 16.5. The molecule has 0 bridgehead atoms. The van der Waals surface area contributed by atoms with Gasteiger partial charge in [-0.05, 0) is 50.3 Å². The number of imide groups is 1. The summed E-state index contributed by atoms with van der Waals surface area (Å²) >= 11 is 0. The van der Waals surface area contributed by atoms with Crippen LogP contribution in [0.5, 0.6) is 0 Å². The van der Waals surface area contributed by atoms with Crippen LogP contribution in [0.1, 0.15) is 61.0 Å². The van der Waals surface area contributed by atoms with E-state index in [9.17, 15) is 14.4 Å². The van der Waals surface area contributed by atoms with Crippen molar-refractivity contribution in [2.24, 2.45) is 0 Å². The molecule has 150 valence electrons. The lowest BCUT2D eigenvalue weighted by Gasteiger charge is -2.33. The molecule has 1 aromatic rings. The highest BCUT2D eigenvalue weighted by molar-refractivity contribution is 6.05. The maximum absolute atomic E-state index is 12.9.